The van der Waals surface area contributed by atoms with Gasteiger partial charge in [0.25, 0.3) is 11.6 Å². The molecule has 1 spiro atoms. The normalized spacial score (nSPS) is 19.0. The maximum Gasteiger partial charge on any atom is 0.325 e. The Labute approximate surface area is 162 Å². The molecule has 0 aliphatic carbocycles. The second-order valence-corrected chi connectivity index (χ2v) is 7.29. The number of nitro groups is 1. The highest BCUT2D eigenvalue weighted by atomic mass is 16.6. The van der Waals surface area contributed by atoms with E-state index in [0.717, 1.165) is 0 Å². The molecule has 2 fully saturated rings. The number of nitrogens with one attached hydrogen (secondary N) is 1. The summed E-state index contributed by atoms with van der Waals surface area (Å²) in [6.07, 6.45) is 3.75. The predicted molar refractivity (Wildman–Crippen MR) is 101 cm³/mol. The molecule has 1 aromatic carbocycles. The van der Waals surface area contributed by atoms with Gasteiger partial charge in [-0.1, -0.05) is 0 Å². The van der Waals surface area contributed by atoms with E-state index in [1.807, 2.05) is 0 Å². The van der Waals surface area contributed by atoms with Gasteiger partial charge >= 0.3 is 6.03 Å². The average molecular weight is 386 g/mol. The molecular formula is C19H22N4O5. The molecule has 28 heavy (non-hydrogen) atoms. The van der Waals surface area contributed by atoms with Crippen LogP contribution in [0.2, 0.25) is 0 Å². The molecule has 1 N–H and O–H groups in total. The van der Waals surface area contributed by atoms with Crippen molar-refractivity contribution >= 4 is 29.6 Å². The predicted octanol–water partition coefficient (Wildman–Crippen LogP) is 1.93. The second-order valence-electron chi connectivity index (χ2n) is 7.29. The number of non-ortho nitro benzene ring substituents is 1. The number of piperidine rings is 1. The number of benzene rings is 1. The number of urea groups is 1. The molecule has 2 aliphatic rings. The molecule has 1 aromatic rings. The monoisotopic (exact) mass is 386 g/mol. The standard InChI is InChI=1S/C19H22N4O5/c1-13(2)22-17(25)19(20-18(22)26)9-11-21(12-10-19)16(24)8-5-14-3-6-15(7-4-14)23(27)28/h3-8,13H,9-12H2,1-2H3,(H,20,26)/b8-5+. The quantitative estimate of drug-likeness (QED) is 0.368. The maximum absolute atomic E-state index is 12.7. The van der Waals surface area contributed by atoms with Gasteiger partial charge in [0.1, 0.15) is 5.54 Å². The number of carbonyl (C=O) groups is 3. The van der Waals surface area contributed by atoms with E-state index in [0.29, 0.717) is 31.5 Å². The summed E-state index contributed by atoms with van der Waals surface area (Å²) >= 11 is 0. The van der Waals surface area contributed by atoms with E-state index >= 15 is 0 Å². The van der Waals surface area contributed by atoms with Crippen LogP contribution in [0, 0.1) is 10.1 Å². The van der Waals surface area contributed by atoms with Crippen molar-refractivity contribution in [1.82, 2.24) is 15.1 Å². The number of hydrogen-bond donors (Lipinski definition) is 1. The molecule has 0 atom stereocenters. The van der Waals surface area contributed by atoms with Gasteiger partial charge in [0.15, 0.2) is 0 Å². The molecule has 0 unspecified atom stereocenters. The Kier molecular flexibility index (Phi) is 5.17. The third kappa shape index (κ3) is 3.60. The van der Waals surface area contributed by atoms with Gasteiger partial charge in [0, 0.05) is 37.3 Å². The average Bonchev–Trinajstić information content (AvgIpc) is 2.90. The van der Waals surface area contributed by atoms with Crippen LogP contribution < -0.4 is 5.32 Å². The second kappa shape index (κ2) is 7.41. The van der Waals surface area contributed by atoms with E-state index in [4.69, 9.17) is 0 Å². The van der Waals surface area contributed by atoms with Crippen LogP contribution >= 0.6 is 0 Å². The van der Waals surface area contributed by atoms with Crippen LogP contribution in [0.1, 0.15) is 32.3 Å². The summed E-state index contributed by atoms with van der Waals surface area (Å²) in [5, 5.41) is 13.5. The Balaban J connectivity index is 1.60. The fraction of sp³-hybridized carbons (Fsp3) is 0.421. The lowest BCUT2D eigenvalue weighted by atomic mass is 9.87. The van der Waals surface area contributed by atoms with Crippen molar-refractivity contribution < 1.29 is 19.3 Å². The van der Waals surface area contributed by atoms with E-state index in [9.17, 15) is 24.5 Å². The first-order valence-electron chi connectivity index (χ1n) is 9.11. The fourth-order valence-electron chi connectivity index (χ4n) is 3.54. The molecule has 9 nitrogen and oxygen atoms in total. The number of rotatable bonds is 4. The molecule has 3 rings (SSSR count). The Morgan fingerprint density at radius 3 is 2.32 bits per heavy atom. The largest absolute Gasteiger partial charge is 0.339 e. The molecule has 4 amide bonds. The molecule has 148 valence electrons. The third-order valence-corrected chi connectivity index (χ3v) is 5.16. The molecule has 2 heterocycles. The zero-order valence-corrected chi connectivity index (χ0v) is 15.8. The topological polar surface area (TPSA) is 113 Å². The van der Waals surface area contributed by atoms with Gasteiger partial charge in [0.05, 0.1) is 4.92 Å². The van der Waals surface area contributed by atoms with Crippen molar-refractivity contribution in [3.63, 3.8) is 0 Å². The van der Waals surface area contributed by atoms with Crippen molar-refractivity contribution in [1.29, 1.82) is 0 Å². The van der Waals surface area contributed by atoms with Crippen LogP contribution in [0.5, 0.6) is 0 Å². The van der Waals surface area contributed by atoms with Gasteiger partial charge in [-0.15, -0.1) is 0 Å². The Hall–Kier alpha value is -3.23. The lowest BCUT2D eigenvalue weighted by Crippen LogP contribution is -2.55. The Morgan fingerprint density at radius 2 is 1.82 bits per heavy atom. The third-order valence-electron chi connectivity index (χ3n) is 5.16. The van der Waals surface area contributed by atoms with E-state index in [-0.39, 0.29) is 29.6 Å². The molecule has 9 heteroatoms. The van der Waals surface area contributed by atoms with Gasteiger partial charge in [0.2, 0.25) is 5.91 Å². The first-order chi connectivity index (χ1) is 13.2. The number of amides is 4. The molecule has 0 saturated carbocycles. The number of imide groups is 1. The van der Waals surface area contributed by atoms with Crippen LogP contribution in [-0.2, 0) is 9.59 Å². The highest BCUT2D eigenvalue weighted by Gasteiger charge is 2.53. The lowest BCUT2D eigenvalue weighted by molar-refractivity contribution is -0.384. The minimum Gasteiger partial charge on any atom is -0.339 e. The summed E-state index contributed by atoms with van der Waals surface area (Å²) < 4.78 is 0. The van der Waals surface area contributed by atoms with Crippen molar-refractivity contribution in [2.45, 2.75) is 38.3 Å². The summed E-state index contributed by atoms with van der Waals surface area (Å²) in [5.74, 6) is -0.424. The molecule has 0 radical (unpaired) electrons. The van der Waals surface area contributed by atoms with E-state index in [2.05, 4.69) is 5.32 Å². The van der Waals surface area contributed by atoms with E-state index < -0.39 is 10.5 Å². The maximum atomic E-state index is 12.7. The summed E-state index contributed by atoms with van der Waals surface area (Å²) in [5.41, 5.74) is -0.248. The smallest absolute Gasteiger partial charge is 0.325 e. The SMILES string of the molecule is CC(C)N1C(=O)NC2(CCN(C(=O)/C=C/c3ccc([N+](=O)[O-])cc3)CC2)C1=O. The summed E-state index contributed by atoms with van der Waals surface area (Å²) in [4.78, 5) is 50.2. The van der Waals surface area contributed by atoms with Gasteiger partial charge in [-0.2, -0.15) is 0 Å². The minimum absolute atomic E-state index is 0.0106. The number of hydrogen-bond acceptors (Lipinski definition) is 5. The van der Waals surface area contributed by atoms with Crippen LogP contribution in [0.3, 0.4) is 0 Å². The first-order valence-corrected chi connectivity index (χ1v) is 9.11. The van der Waals surface area contributed by atoms with Crippen LogP contribution in [-0.4, -0.2) is 57.2 Å². The molecule has 0 aromatic heterocycles. The van der Waals surface area contributed by atoms with Crippen LogP contribution in [0.25, 0.3) is 6.08 Å². The Morgan fingerprint density at radius 1 is 1.21 bits per heavy atom. The zero-order valence-electron chi connectivity index (χ0n) is 15.8. The summed E-state index contributed by atoms with van der Waals surface area (Å²) in [6.45, 7) is 4.30. The lowest BCUT2D eigenvalue weighted by Gasteiger charge is -2.37. The minimum atomic E-state index is -0.916. The highest BCUT2D eigenvalue weighted by Crippen LogP contribution is 2.30. The Bertz CT molecular complexity index is 838. The van der Waals surface area contributed by atoms with Crippen LogP contribution in [0.4, 0.5) is 10.5 Å². The number of likely N-dealkylation sites (tertiary alicyclic amines) is 1. The fourth-order valence-corrected chi connectivity index (χ4v) is 3.54. The zero-order chi connectivity index (χ0) is 20.5. The molecular weight excluding hydrogens is 364 g/mol. The number of nitro benzene ring substituents is 1. The first kappa shape index (κ1) is 19.5. The molecule has 2 aliphatic heterocycles. The van der Waals surface area contributed by atoms with E-state index in [1.165, 1.54) is 23.1 Å². The molecule has 2 saturated heterocycles. The number of carbonyl (C=O) groups excluding carboxylic acids is 3. The van der Waals surface area contributed by atoms with Crippen molar-refractivity contribution in [2.75, 3.05) is 13.1 Å². The van der Waals surface area contributed by atoms with Gasteiger partial charge in [-0.05, 0) is 50.5 Å². The van der Waals surface area contributed by atoms with Crippen LogP contribution in [0.15, 0.2) is 30.3 Å². The van der Waals surface area contributed by atoms with E-state index in [1.54, 1.807) is 37.0 Å². The van der Waals surface area contributed by atoms with Gasteiger partial charge < -0.3 is 10.2 Å². The van der Waals surface area contributed by atoms with Gasteiger partial charge in [-0.25, -0.2) is 4.79 Å². The highest BCUT2D eigenvalue weighted by molar-refractivity contribution is 6.07. The molecule has 0 bridgehead atoms. The summed E-state index contributed by atoms with van der Waals surface area (Å²) in [7, 11) is 0. The van der Waals surface area contributed by atoms with Gasteiger partial charge in [-0.3, -0.25) is 24.6 Å². The summed E-state index contributed by atoms with van der Waals surface area (Å²) in [6, 6.07) is 5.31. The van der Waals surface area contributed by atoms with Crippen molar-refractivity contribution in [3.8, 4) is 0 Å². The van der Waals surface area contributed by atoms with Crippen molar-refractivity contribution in [2.24, 2.45) is 0 Å². The number of nitrogens with zero attached hydrogens (tertiary/aromatic N) is 3. The van der Waals surface area contributed by atoms with Crippen molar-refractivity contribution in [3.05, 3.63) is 46.0 Å².